The summed E-state index contributed by atoms with van der Waals surface area (Å²) in [5.74, 6) is 0.575. The predicted octanol–water partition coefficient (Wildman–Crippen LogP) is 3.07. The van der Waals surface area contributed by atoms with Crippen molar-refractivity contribution in [1.29, 1.82) is 0 Å². The second-order valence-electron chi connectivity index (χ2n) is 5.25. The fourth-order valence-electron chi connectivity index (χ4n) is 3.14. The van der Waals surface area contributed by atoms with Gasteiger partial charge in [0.1, 0.15) is 14.4 Å². The first kappa shape index (κ1) is 12.3. The van der Waals surface area contributed by atoms with Crippen LogP contribution in [-0.4, -0.2) is 14.4 Å². The molecule has 2 atom stereocenters. The zero-order chi connectivity index (χ0) is 12.3. The lowest BCUT2D eigenvalue weighted by Gasteiger charge is -2.38. The Bertz CT molecular complexity index is 424. The predicted molar refractivity (Wildman–Crippen MR) is 75.0 cm³/mol. The molecule has 1 aliphatic rings. The molecule has 1 aliphatic heterocycles. The van der Waals surface area contributed by atoms with Crippen molar-refractivity contribution in [2.75, 3.05) is 0 Å². The zero-order valence-corrected chi connectivity index (χ0v) is 11.6. The molecule has 0 aliphatic carbocycles. The molecule has 1 saturated heterocycles. The van der Waals surface area contributed by atoms with E-state index in [1.54, 1.807) is 0 Å². The fraction of sp³-hybridized carbons (Fsp3) is 0.400. The molecule has 0 N–H and O–H groups in total. The molecule has 17 heavy (non-hydrogen) atoms. The van der Waals surface area contributed by atoms with E-state index < -0.39 is 8.07 Å². The van der Waals surface area contributed by atoms with Gasteiger partial charge in [-0.15, -0.1) is 0 Å². The van der Waals surface area contributed by atoms with Gasteiger partial charge in [-0.3, -0.25) is 4.79 Å². The maximum absolute atomic E-state index is 10.9. The van der Waals surface area contributed by atoms with Crippen LogP contribution < -0.4 is 5.19 Å². The van der Waals surface area contributed by atoms with E-state index in [0.717, 1.165) is 6.29 Å². The molecule has 0 aromatic heterocycles. The van der Waals surface area contributed by atoms with Crippen molar-refractivity contribution in [3.05, 3.63) is 41.6 Å². The summed E-state index contributed by atoms with van der Waals surface area (Å²) < 4.78 is 0. The summed E-state index contributed by atoms with van der Waals surface area (Å²) in [5, 5.41) is 2.91. The first-order valence-corrected chi connectivity index (χ1v) is 9.10. The van der Waals surface area contributed by atoms with E-state index >= 15 is 0 Å². The minimum Gasteiger partial charge on any atom is -0.299 e. The van der Waals surface area contributed by atoms with Crippen molar-refractivity contribution in [3.8, 4) is 0 Å². The Kier molecular flexibility index (Phi) is 3.62. The van der Waals surface area contributed by atoms with E-state index in [2.05, 4.69) is 43.8 Å². The lowest BCUT2D eigenvalue weighted by atomic mass is 10.0. The minimum absolute atomic E-state index is 0.575. The van der Waals surface area contributed by atoms with Crippen LogP contribution in [0.1, 0.15) is 19.8 Å². The van der Waals surface area contributed by atoms with Gasteiger partial charge in [0.15, 0.2) is 0 Å². The summed E-state index contributed by atoms with van der Waals surface area (Å²) in [6.07, 6.45) is 5.36. The average Bonchev–Trinajstić information content (AvgIpc) is 2.35. The molecular weight excluding hydrogens is 224 g/mol. The SMILES string of the molecule is C[C@@H]1CCC[Si@@](C)(c2ccccc2)/C1=C\C=O. The Balaban J connectivity index is 2.46. The van der Waals surface area contributed by atoms with Gasteiger partial charge in [0.2, 0.25) is 0 Å². The highest BCUT2D eigenvalue weighted by molar-refractivity contribution is 6.97. The molecule has 1 nitrogen and oxygen atoms in total. The highest BCUT2D eigenvalue weighted by atomic mass is 28.3. The number of aldehydes is 1. The summed E-state index contributed by atoms with van der Waals surface area (Å²) in [6, 6.07) is 12.1. The standard InChI is InChI=1S/C15H20OSi/c1-13-7-6-12-17(2,15(13)10-11-16)14-8-4-3-5-9-14/h3-5,8-11,13H,6-7,12H2,1-2H3/b15-10-/t13-,17+/m1/s1. The molecule has 0 radical (unpaired) electrons. The van der Waals surface area contributed by atoms with Crippen molar-refractivity contribution >= 4 is 19.5 Å². The molecule has 0 spiro atoms. The lowest BCUT2D eigenvalue weighted by Crippen LogP contribution is -2.50. The largest absolute Gasteiger partial charge is 0.299 e. The molecule has 90 valence electrons. The lowest BCUT2D eigenvalue weighted by molar-refractivity contribution is -0.104. The second kappa shape index (κ2) is 5.01. The van der Waals surface area contributed by atoms with Crippen molar-refractivity contribution in [2.24, 2.45) is 5.92 Å². The van der Waals surface area contributed by atoms with Gasteiger partial charge in [-0.2, -0.15) is 0 Å². The van der Waals surface area contributed by atoms with Crippen LogP contribution in [0, 0.1) is 5.92 Å². The van der Waals surface area contributed by atoms with Gasteiger partial charge in [-0.25, -0.2) is 0 Å². The summed E-state index contributed by atoms with van der Waals surface area (Å²) in [4.78, 5) is 10.9. The Morgan fingerprint density at radius 1 is 1.29 bits per heavy atom. The van der Waals surface area contributed by atoms with Crippen LogP contribution >= 0.6 is 0 Å². The summed E-state index contributed by atoms with van der Waals surface area (Å²) >= 11 is 0. The first-order valence-electron chi connectivity index (χ1n) is 6.40. The van der Waals surface area contributed by atoms with E-state index in [-0.39, 0.29) is 0 Å². The highest BCUT2D eigenvalue weighted by Crippen LogP contribution is 2.36. The maximum Gasteiger partial charge on any atom is 0.142 e. The van der Waals surface area contributed by atoms with E-state index in [1.807, 2.05) is 6.08 Å². The van der Waals surface area contributed by atoms with Gasteiger partial charge in [-0.05, 0) is 24.5 Å². The number of hydrogen-bond acceptors (Lipinski definition) is 1. The van der Waals surface area contributed by atoms with Crippen LogP contribution in [-0.2, 0) is 4.79 Å². The maximum atomic E-state index is 10.9. The van der Waals surface area contributed by atoms with Crippen molar-refractivity contribution in [3.63, 3.8) is 0 Å². The van der Waals surface area contributed by atoms with Crippen molar-refractivity contribution in [2.45, 2.75) is 32.4 Å². The van der Waals surface area contributed by atoms with E-state index in [1.165, 1.54) is 29.3 Å². The molecular formula is C15H20OSi. The summed E-state index contributed by atoms with van der Waals surface area (Å²) in [6.45, 7) is 4.68. The van der Waals surface area contributed by atoms with E-state index in [4.69, 9.17) is 0 Å². The molecule has 1 aromatic rings. The summed E-state index contributed by atoms with van der Waals surface area (Å²) in [7, 11) is -1.60. The van der Waals surface area contributed by atoms with E-state index in [0.29, 0.717) is 5.92 Å². The van der Waals surface area contributed by atoms with E-state index in [9.17, 15) is 4.79 Å². The molecule has 2 rings (SSSR count). The Labute approximate surface area is 105 Å². The number of allylic oxidation sites excluding steroid dienone is 2. The quantitative estimate of drug-likeness (QED) is 0.444. The average molecular weight is 244 g/mol. The van der Waals surface area contributed by atoms with Crippen LogP contribution in [0.5, 0.6) is 0 Å². The first-order chi connectivity index (χ1) is 8.18. The third-order valence-corrected chi connectivity index (χ3v) is 9.04. The zero-order valence-electron chi connectivity index (χ0n) is 10.6. The van der Waals surface area contributed by atoms with Crippen molar-refractivity contribution in [1.82, 2.24) is 0 Å². The molecule has 1 aromatic carbocycles. The fourth-order valence-corrected chi connectivity index (χ4v) is 7.56. The molecule has 0 bridgehead atoms. The van der Waals surface area contributed by atoms with Crippen molar-refractivity contribution < 1.29 is 4.79 Å². The van der Waals surface area contributed by atoms with Gasteiger partial charge in [0.25, 0.3) is 0 Å². The number of carbonyl (C=O) groups excluding carboxylic acids is 1. The minimum atomic E-state index is -1.60. The van der Waals surface area contributed by atoms with Gasteiger partial charge in [0.05, 0.1) is 0 Å². The van der Waals surface area contributed by atoms with Gasteiger partial charge >= 0.3 is 0 Å². The van der Waals surface area contributed by atoms with Gasteiger partial charge < -0.3 is 0 Å². The van der Waals surface area contributed by atoms with Gasteiger partial charge in [0, 0.05) is 0 Å². The normalized spacial score (nSPS) is 31.4. The molecule has 0 unspecified atom stereocenters. The molecule has 1 heterocycles. The molecule has 0 saturated carbocycles. The molecule has 2 heteroatoms. The second-order valence-corrected chi connectivity index (χ2v) is 9.57. The van der Waals surface area contributed by atoms with Crippen LogP contribution in [0.4, 0.5) is 0 Å². The highest BCUT2D eigenvalue weighted by Gasteiger charge is 2.38. The number of carbonyl (C=O) groups is 1. The molecule has 0 amide bonds. The topological polar surface area (TPSA) is 17.1 Å². The van der Waals surface area contributed by atoms with Crippen LogP contribution in [0.15, 0.2) is 41.6 Å². The number of hydrogen-bond donors (Lipinski definition) is 0. The molecule has 1 fully saturated rings. The van der Waals surface area contributed by atoms with Crippen LogP contribution in [0.25, 0.3) is 0 Å². The van der Waals surface area contributed by atoms with Crippen LogP contribution in [0.3, 0.4) is 0 Å². The summed E-state index contributed by atoms with van der Waals surface area (Å²) in [5.41, 5.74) is 0. The Morgan fingerprint density at radius 3 is 2.65 bits per heavy atom. The Morgan fingerprint density at radius 2 is 2.00 bits per heavy atom. The smallest absolute Gasteiger partial charge is 0.142 e. The Hall–Kier alpha value is -1.15. The third kappa shape index (κ3) is 2.27. The van der Waals surface area contributed by atoms with Gasteiger partial charge in [-0.1, -0.05) is 60.6 Å². The third-order valence-electron chi connectivity index (χ3n) is 4.14. The number of benzene rings is 1. The van der Waals surface area contributed by atoms with Crippen LogP contribution in [0.2, 0.25) is 12.6 Å². The number of rotatable bonds is 2. The monoisotopic (exact) mass is 244 g/mol.